The molecule has 5 atom stereocenters. The van der Waals surface area contributed by atoms with Gasteiger partial charge in [-0.15, -0.1) is 0 Å². The van der Waals surface area contributed by atoms with E-state index in [1.54, 1.807) is 26.2 Å². The Labute approximate surface area is 360 Å². The number of amides is 5. The number of methoxy groups -OCH3 is 1. The normalized spacial score (nSPS) is 24.8. The summed E-state index contributed by atoms with van der Waals surface area (Å²) in [6.07, 6.45) is 8.22. The molecule has 2 saturated carbocycles. The van der Waals surface area contributed by atoms with Crippen LogP contribution in [0.3, 0.4) is 0 Å². The highest BCUT2D eigenvalue weighted by molar-refractivity contribution is 7.91. The number of aryl methyl sites for hydroxylation is 1. The molecule has 5 unspecified atom stereocenters. The minimum absolute atomic E-state index is 0.00157. The molecule has 2 aliphatic carbocycles. The van der Waals surface area contributed by atoms with Crippen molar-refractivity contribution < 1.29 is 46.6 Å². The van der Waals surface area contributed by atoms with Crippen LogP contribution in [0, 0.1) is 12.8 Å². The Bertz CT molecular complexity index is 2400. The van der Waals surface area contributed by atoms with Crippen LogP contribution in [0.25, 0.3) is 10.9 Å². The highest BCUT2D eigenvalue weighted by atomic mass is 32.2. The first kappa shape index (κ1) is 44.3. The maximum Gasteiger partial charge on any atom is 0.272 e. The van der Waals surface area contributed by atoms with E-state index in [4.69, 9.17) is 19.2 Å². The number of benzene rings is 1. The first-order chi connectivity index (χ1) is 29.5. The molecular formula is C43H56N8O10S. The number of ether oxygens (including phenoxy) is 3. The third kappa shape index (κ3) is 9.22. The summed E-state index contributed by atoms with van der Waals surface area (Å²) in [5, 5.41) is 13.1. The molecule has 1 aromatic carbocycles. The summed E-state index contributed by atoms with van der Waals surface area (Å²) >= 11 is 0. The summed E-state index contributed by atoms with van der Waals surface area (Å²) in [6.45, 7) is 7.02. The molecule has 7 rings (SSSR count). The maximum absolute atomic E-state index is 14.9. The Morgan fingerprint density at radius 2 is 1.85 bits per heavy atom. The fourth-order valence-corrected chi connectivity index (χ4v) is 9.44. The summed E-state index contributed by atoms with van der Waals surface area (Å²) in [7, 11) is -0.975. The molecule has 3 fully saturated rings. The van der Waals surface area contributed by atoms with Crippen LogP contribution < -0.4 is 34.9 Å². The number of likely N-dealkylation sites (N-methyl/N-ethyl adjacent to an activating group) is 1. The molecule has 18 nitrogen and oxygen atoms in total. The second kappa shape index (κ2) is 17.6. The van der Waals surface area contributed by atoms with E-state index >= 15 is 0 Å². The van der Waals surface area contributed by atoms with E-state index in [9.17, 15) is 32.4 Å². The highest BCUT2D eigenvalue weighted by Crippen LogP contribution is 2.47. The SMILES string of the molecule is CNC(=O)Cn1ccc(C(=O)NC2CCCCCC=CC3CC3(C(=O)NS(=O)(=O)C3(C)CC3)NC(=O)C3CC(Oc4cc(OC(C)C)nc5c(C)c(OC)ccc45)CN3C2=O)n1. The second-order valence-corrected chi connectivity index (χ2v) is 19.4. The van der Waals surface area contributed by atoms with E-state index in [2.05, 4.69) is 25.8 Å². The number of carbonyl (C=O) groups is 5. The summed E-state index contributed by atoms with van der Waals surface area (Å²) in [6, 6.07) is 4.47. The predicted octanol–water partition coefficient (Wildman–Crippen LogP) is 2.82. The largest absolute Gasteiger partial charge is 0.496 e. The van der Waals surface area contributed by atoms with Crippen molar-refractivity contribution in [3.8, 4) is 17.4 Å². The molecule has 19 heteroatoms. The molecule has 62 heavy (non-hydrogen) atoms. The van der Waals surface area contributed by atoms with Crippen molar-refractivity contribution in [3.05, 3.63) is 53.9 Å². The molecule has 5 amide bonds. The highest BCUT2D eigenvalue weighted by Gasteiger charge is 2.63. The Kier molecular flexibility index (Phi) is 12.6. The molecule has 2 aromatic heterocycles. The number of hydrogen-bond acceptors (Lipinski definition) is 12. The lowest BCUT2D eigenvalue weighted by Crippen LogP contribution is -2.58. The quantitative estimate of drug-likeness (QED) is 0.193. The van der Waals surface area contributed by atoms with Gasteiger partial charge in [-0.25, -0.2) is 13.4 Å². The predicted molar refractivity (Wildman–Crippen MR) is 227 cm³/mol. The standard InChI is InChI=1S/C43H56N8O10S/c1-25(2)60-36-21-34(29-14-15-33(59-6)26(3)37(29)46-36)61-28-20-32-39(54)47-43(41(56)49-62(57,58)42(4)17-18-42)22-27(43)12-10-8-7-9-11-13-31(40(55)51(32)23-28)45-38(53)30-16-19-50(48-30)24-35(52)44-5/h10,12,14-16,19,21,25,27-28,31-32H,7-9,11,13,17-18,20,22-24H2,1-6H3,(H,44,52)(H,45,53)(H,47,54)(H,49,56). The van der Waals surface area contributed by atoms with Gasteiger partial charge in [-0.05, 0) is 84.4 Å². The number of carbonyl (C=O) groups excluding carboxylic acids is 5. The van der Waals surface area contributed by atoms with Crippen molar-refractivity contribution in [2.75, 3.05) is 20.7 Å². The van der Waals surface area contributed by atoms with Crippen LogP contribution in [0.2, 0.25) is 0 Å². The van der Waals surface area contributed by atoms with Gasteiger partial charge in [-0.3, -0.25) is 33.4 Å². The second-order valence-electron chi connectivity index (χ2n) is 17.2. The maximum atomic E-state index is 14.9. The molecule has 1 saturated heterocycles. The summed E-state index contributed by atoms with van der Waals surface area (Å²) in [5.41, 5.74) is -0.236. The fourth-order valence-electron chi connectivity index (χ4n) is 8.13. The van der Waals surface area contributed by atoms with Gasteiger partial charge in [0, 0.05) is 42.6 Å². The molecule has 0 bridgehead atoms. The third-order valence-corrected chi connectivity index (χ3v) is 14.4. The lowest BCUT2D eigenvalue weighted by atomic mass is 10.0. The number of aromatic nitrogens is 3. The number of nitrogens with one attached hydrogen (secondary N) is 4. The molecule has 4 aliphatic rings. The van der Waals surface area contributed by atoms with Crippen LogP contribution in [0.5, 0.6) is 17.4 Å². The fraction of sp³-hybridized carbons (Fsp3) is 0.558. The lowest BCUT2D eigenvalue weighted by molar-refractivity contribution is -0.141. The van der Waals surface area contributed by atoms with E-state index in [1.165, 1.54) is 28.9 Å². The third-order valence-electron chi connectivity index (χ3n) is 12.2. The minimum Gasteiger partial charge on any atom is -0.496 e. The van der Waals surface area contributed by atoms with Gasteiger partial charge in [0.15, 0.2) is 0 Å². The number of fused-ring (bicyclic) bond motifs is 3. The molecule has 3 aromatic rings. The Morgan fingerprint density at radius 1 is 1.08 bits per heavy atom. The van der Waals surface area contributed by atoms with E-state index in [1.807, 2.05) is 39.0 Å². The van der Waals surface area contributed by atoms with Crippen molar-refractivity contribution in [1.82, 2.24) is 40.3 Å². The number of pyridine rings is 1. The molecule has 0 radical (unpaired) electrons. The Balaban J connectivity index is 1.22. The van der Waals surface area contributed by atoms with Crippen molar-refractivity contribution in [3.63, 3.8) is 0 Å². The summed E-state index contributed by atoms with van der Waals surface area (Å²) in [5.74, 6) is -2.14. The molecule has 0 spiro atoms. The van der Waals surface area contributed by atoms with Crippen LogP contribution in [-0.2, 0) is 35.7 Å². The van der Waals surface area contributed by atoms with E-state index in [0.29, 0.717) is 60.4 Å². The average Bonchev–Trinajstić information content (AvgIpc) is 4.01. The first-order valence-corrected chi connectivity index (χ1v) is 22.7. The van der Waals surface area contributed by atoms with Gasteiger partial charge in [0.05, 0.1) is 30.0 Å². The van der Waals surface area contributed by atoms with Gasteiger partial charge >= 0.3 is 0 Å². The Morgan fingerprint density at radius 3 is 2.56 bits per heavy atom. The van der Waals surface area contributed by atoms with Crippen LogP contribution in [0.15, 0.2) is 42.6 Å². The van der Waals surface area contributed by atoms with Crippen LogP contribution in [0.4, 0.5) is 0 Å². The van der Waals surface area contributed by atoms with Gasteiger partial charge in [-0.1, -0.05) is 25.0 Å². The van der Waals surface area contributed by atoms with Crippen LogP contribution in [0.1, 0.15) is 94.6 Å². The van der Waals surface area contributed by atoms with Crippen molar-refractivity contribution in [2.24, 2.45) is 5.92 Å². The van der Waals surface area contributed by atoms with Crippen LogP contribution in [-0.4, -0.2) is 113 Å². The van der Waals surface area contributed by atoms with Crippen molar-refractivity contribution >= 4 is 50.5 Å². The number of allylic oxidation sites excluding steroid dienone is 1. The van der Waals surface area contributed by atoms with Gasteiger partial charge in [0.2, 0.25) is 33.6 Å². The zero-order chi connectivity index (χ0) is 44.6. The van der Waals surface area contributed by atoms with Crippen LogP contribution >= 0.6 is 0 Å². The molecule has 2 aliphatic heterocycles. The van der Waals surface area contributed by atoms with Gasteiger partial charge in [-0.2, -0.15) is 5.10 Å². The molecular weight excluding hydrogens is 821 g/mol. The number of nitrogens with zero attached hydrogens (tertiary/aromatic N) is 4. The lowest BCUT2D eigenvalue weighted by Gasteiger charge is -2.30. The smallest absolute Gasteiger partial charge is 0.272 e. The van der Waals surface area contributed by atoms with Gasteiger partial charge in [0.25, 0.3) is 11.8 Å². The van der Waals surface area contributed by atoms with E-state index < -0.39 is 68.0 Å². The summed E-state index contributed by atoms with van der Waals surface area (Å²) in [4.78, 5) is 75.3. The minimum atomic E-state index is -4.03. The Hall–Kier alpha value is -5.72. The number of hydrogen-bond donors (Lipinski definition) is 4. The van der Waals surface area contributed by atoms with Crippen molar-refractivity contribution in [2.45, 2.75) is 127 Å². The molecule has 334 valence electrons. The van der Waals surface area contributed by atoms with Gasteiger partial charge < -0.3 is 35.1 Å². The monoisotopic (exact) mass is 876 g/mol. The molecule has 4 N–H and O–H groups in total. The summed E-state index contributed by atoms with van der Waals surface area (Å²) < 4.78 is 47.3. The number of sulfonamides is 1. The zero-order valence-electron chi connectivity index (χ0n) is 36.0. The first-order valence-electron chi connectivity index (χ1n) is 21.2. The average molecular weight is 877 g/mol. The van der Waals surface area contributed by atoms with Crippen molar-refractivity contribution in [1.29, 1.82) is 0 Å². The van der Waals surface area contributed by atoms with E-state index in [-0.39, 0.29) is 50.1 Å². The van der Waals surface area contributed by atoms with E-state index in [0.717, 1.165) is 12.0 Å². The molecule has 4 heterocycles. The zero-order valence-corrected chi connectivity index (χ0v) is 36.8. The number of rotatable bonds is 12. The van der Waals surface area contributed by atoms with Gasteiger partial charge in [0.1, 0.15) is 47.5 Å². The topological polar surface area (TPSA) is 229 Å².